The lowest BCUT2D eigenvalue weighted by Gasteiger charge is -2.11. The first-order chi connectivity index (χ1) is 14.6. The first kappa shape index (κ1) is 20.0. The van der Waals surface area contributed by atoms with E-state index >= 15 is 0 Å². The van der Waals surface area contributed by atoms with Gasteiger partial charge in [0.15, 0.2) is 0 Å². The van der Waals surface area contributed by atoms with Crippen molar-refractivity contribution in [3.63, 3.8) is 0 Å². The third-order valence-electron chi connectivity index (χ3n) is 4.71. The molecule has 0 aliphatic heterocycles. The Bertz CT molecular complexity index is 1250. The van der Waals surface area contributed by atoms with Crippen molar-refractivity contribution in [3.05, 3.63) is 64.0 Å². The van der Waals surface area contributed by atoms with Crippen molar-refractivity contribution in [3.8, 4) is 17.2 Å². The van der Waals surface area contributed by atoms with Crippen LogP contribution in [-0.4, -0.2) is 34.4 Å². The molecule has 4 aromatic rings. The molecule has 2 aromatic heterocycles. The molecule has 9 heteroatoms. The van der Waals surface area contributed by atoms with Gasteiger partial charge in [-0.1, -0.05) is 30.8 Å². The van der Waals surface area contributed by atoms with E-state index in [1.807, 2.05) is 18.2 Å². The molecule has 0 radical (unpaired) electrons. The molecule has 0 spiro atoms. The second-order valence-electron chi connectivity index (χ2n) is 6.47. The van der Waals surface area contributed by atoms with Gasteiger partial charge in [-0.3, -0.25) is 0 Å². The highest BCUT2D eigenvalue weighted by molar-refractivity contribution is 7.98. The number of hydrogen-bond donors (Lipinski definition) is 0. The van der Waals surface area contributed by atoms with Crippen LogP contribution in [0.5, 0.6) is 11.5 Å². The van der Waals surface area contributed by atoms with Crippen molar-refractivity contribution in [2.75, 3.05) is 14.2 Å². The lowest BCUT2D eigenvalue weighted by atomic mass is 10.1. The first-order valence-corrected chi connectivity index (χ1v) is 10.3. The number of fused-ring (bicyclic) bond motifs is 1. The van der Waals surface area contributed by atoms with Crippen molar-refractivity contribution < 1.29 is 13.9 Å². The molecule has 2 heterocycles. The zero-order valence-electron chi connectivity index (χ0n) is 16.8. The van der Waals surface area contributed by atoms with Gasteiger partial charge in [-0.05, 0) is 46.2 Å². The van der Waals surface area contributed by atoms with Gasteiger partial charge in [-0.2, -0.15) is 4.68 Å². The Hall–Kier alpha value is -3.33. The van der Waals surface area contributed by atoms with Crippen LogP contribution in [0.15, 0.2) is 56.8 Å². The average Bonchev–Trinajstić information content (AvgIpc) is 3.24. The molecular formula is C21H20N4O4S. The summed E-state index contributed by atoms with van der Waals surface area (Å²) in [5.41, 5.74) is 2.85. The standard InChI is InChI=1S/C21H20N4O4S/c1-4-13-5-7-16-14(10-20(26)29-19(16)9-13)12-30-21-22-23-24-25(21)17-11-15(27-2)6-8-18(17)28-3/h5-11H,4,12H2,1-3H3. The number of nitrogens with zero attached hydrogens (tertiary/aromatic N) is 4. The van der Waals surface area contributed by atoms with Gasteiger partial charge in [0.2, 0.25) is 5.16 Å². The summed E-state index contributed by atoms with van der Waals surface area (Å²) in [6.07, 6.45) is 0.871. The van der Waals surface area contributed by atoms with Gasteiger partial charge >= 0.3 is 5.63 Å². The lowest BCUT2D eigenvalue weighted by Crippen LogP contribution is -2.03. The minimum Gasteiger partial charge on any atom is -0.497 e. The third-order valence-corrected chi connectivity index (χ3v) is 5.68. The fourth-order valence-electron chi connectivity index (χ4n) is 3.14. The van der Waals surface area contributed by atoms with E-state index in [-0.39, 0.29) is 5.63 Å². The molecule has 0 aliphatic carbocycles. The van der Waals surface area contributed by atoms with Crippen LogP contribution >= 0.6 is 11.8 Å². The summed E-state index contributed by atoms with van der Waals surface area (Å²) in [6, 6.07) is 12.9. The van der Waals surface area contributed by atoms with Crippen molar-refractivity contribution in [2.45, 2.75) is 24.3 Å². The summed E-state index contributed by atoms with van der Waals surface area (Å²) in [7, 11) is 3.18. The molecule has 0 saturated carbocycles. The molecule has 0 aliphatic rings. The van der Waals surface area contributed by atoms with Gasteiger partial charge in [0.05, 0.1) is 14.2 Å². The topological polar surface area (TPSA) is 92.3 Å². The SMILES string of the molecule is CCc1ccc2c(CSc3nnnn3-c3cc(OC)ccc3OC)cc(=O)oc2c1. The highest BCUT2D eigenvalue weighted by atomic mass is 32.2. The van der Waals surface area contributed by atoms with Crippen LogP contribution in [0.3, 0.4) is 0 Å². The lowest BCUT2D eigenvalue weighted by molar-refractivity contribution is 0.399. The molecule has 0 unspecified atom stereocenters. The molecule has 0 N–H and O–H groups in total. The highest BCUT2D eigenvalue weighted by Gasteiger charge is 2.16. The summed E-state index contributed by atoms with van der Waals surface area (Å²) >= 11 is 1.42. The molecule has 0 fully saturated rings. The Morgan fingerprint density at radius 3 is 2.73 bits per heavy atom. The number of rotatable bonds is 7. The molecule has 0 bridgehead atoms. The zero-order chi connectivity index (χ0) is 21.1. The van der Waals surface area contributed by atoms with Gasteiger partial charge in [-0.15, -0.1) is 5.10 Å². The first-order valence-electron chi connectivity index (χ1n) is 9.32. The Labute approximate surface area is 176 Å². The van der Waals surface area contributed by atoms with Gasteiger partial charge in [0.1, 0.15) is 22.8 Å². The number of hydrogen-bond acceptors (Lipinski definition) is 8. The van der Waals surface area contributed by atoms with Crippen LogP contribution in [0, 0.1) is 0 Å². The Morgan fingerprint density at radius 2 is 1.97 bits per heavy atom. The van der Waals surface area contributed by atoms with Crippen molar-refractivity contribution >= 4 is 22.7 Å². The summed E-state index contributed by atoms with van der Waals surface area (Å²) in [4.78, 5) is 12.1. The number of tetrazole rings is 1. The van der Waals surface area contributed by atoms with Gasteiger partial charge < -0.3 is 13.9 Å². The predicted molar refractivity (Wildman–Crippen MR) is 114 cm³/mol. The monoisotopic (exact) mass is 424 g/mol. The molecular weight excluding hydrogens is 404 g/mol. The number of aryl methyl sites for hydroxylation is 1. The summed E-state index contributed by atoms with van der Waals surface area (Å²) in [6.45, 7) is 2.06. The summed E-state index contributed by atoms with van der Waals surface area (Å²) < 4.78 is 17.7. The summed E-state index contributed by atoms with van der Waals surface area (Å²) in [5.74, 6) is 1.78. The fraction of sp³-hybridized carbons (Fsp3) is 0.238. The van der Waals surface area contributed by atoms with E-state index in [4.69, 9.17) is 13.9 Å². The van der Waals surface area contributed by atoms with E-state index in [0.29, 0.717) is 33.7 Å². The van der Waals surface area contributed by atoms with E-state index in [2.05, 4.69) is 22.4 Å². The van der Waals surface area contributed by atoms with Crippen LogP contribution in [0.4, 0.5) is 0 Å². The molecule has 154 valence electrons. The molecule has 2 aromatic carbocycles. The molecule has 4 rings (SSSR count). The van der Waals surface area contributed by atoms with Crippen molar-refractivity contribution in [1.82, 2.24) is 20.2 Å². The smallest absolute Gasteiger partial charge is 0.336 e. The predicted octanol–water partition coefficient (Wildman–Crippen LogP) is 3.64. The maximum atomic E-state index is 12.1. The molecule has 8 nitrogen and oxygen atoms in total. The van der Waals surface area contributed by atoms with Gasteiger partial charge in [0.25, 0.3) is 0 Å². The molecule has 0 atom stereocenters. The largest absolute Gasteiger partial charge is 0.497 e. The number of ether oxygens (including phenoxy) is 2. The maximum absolute atomic E-state index is 12.1. The Balaban J connectivity index is 1.67. The van der Waals surface area contributed by atoms with E-state index in [9.17, 15) is 4.79 Å². The number of methoxy groups -OCH3 is 2. The van der Waals surface area contributed by atoms with E-state index in [1.54, 1.807) is 37.1 Å². The van der Waals surface area contributed by atoms with Crippen molar-refractivity contribution in [1.29, 1.82) is 0 Å². The maximum Gasteiger partial charge on any atom is 0.336 e. The van der Waals surface area contributed by atoms with Gasteiger partial charge in [0, 0.05) is 23.3 Å². The van der Waals surface area contributed by atoms with Crippen LogP contribution in [0.2, 0.25) is 0 Å². The zero-order valence-corrected chi connectivity index (χ0v) is 17.6. The van der Waals surface area contributed by atoms with Crippen molar-refractivity contribution in [2.24, 2.45) is 0 Å². The minimum absolute atomic E-state index is 0.375. The average molecular weight is 424 g/mol. The Kier molecular flexibility index (Phi) is 5.71. The molecule has 30 heavy (non-hydrogen) atoms. The quantitative estimate of drug-likeness (QED) is 0.328. The number of benzene rings is 2. The van der Waals surface area contributed by atoms with Crippen LogP contribution in [-0.2, 0) is 12.2 Å². The highest BCUT2D eigenvalue weighted by Crippen LogP contribution is 2.31. The Morgan fingerprint density at radius 1 is 1.10 bits per heavy atom. The second kappa shape index (κ2) is 8.58. The third kappa shape index (κ3) is 3.88. The molecule has 0 saturated heterocycles. The fourth-order valence-corrected chi connectivity index (χ4v) is 4.01. The van der Waals surface area contributed by atoms with E-state index < -0.39 is 0 Å². The van der Waals surface area contributed by atoms with E-state index in [0.717, 1.165) is 22.9 Å². The molecule has 0 amide bonds. The number of thioether (sulfide) groups is 1. The van der Waals surface area contributed by atoms with Gasteiger partial charge in [-0.25, -0.2) is 4.79 Å². The van der Waals surface area contributed by atoms with E-state index in [1.165, 1.54) is 17.8 Å². The van der Waals surface area contributed by atoms with Crippen LogP contribution in [0.25, 0.3) is 16.7 Å². The normalized spacial score (nSPS) is 11.0. The number of aromatic nitrogens is 4. The minimum atomic E-state index is -0.375. The summed E-state index contributed by atoms with van der Waals surface area (Å²) in [5, 5.41) is 13.5. The van der Waals surface area contributed by atoms with Crippen LogP contribution in [0.1, 0.15) is 18.1 Å². The second-order valence-corrected chi connectivity index (χ2v) is 7.42. The van der Waals surface area contributed by atoms with Crippen LogP contribution < -0.4 is 15.1 Å².